The van der Waals surface area contributed by atoms with Gasteiger partial charge in [-0.25, -0.2) is 9.97 Å². The summed E-state index contributed by atoms with van der Waals surface area (Å²) in [5.74, 6) is -0.178. The van der Waals surface area contributed by atoms with Gasteiger partial charge in [-0.1, -0.05) is 12.1 Å². The SMILES string of the molecule is Nc1nc2ccccc2nc1N1CCCC(C(=O)O)C1. The zero-order chi connectivity index (χ0) is 14.1. The molecule has 1 atom stereocenters. The van der Waals surface area contributed by atoms with E-state index in [1.165, 1.54) is 0 Å². The molecule has 6 heteroatoms. The number of carboxylic acids is 1. The zero-order valence-corrected chi connectivity index (χ0v) is 11.0. The van der Waals surface area contributed by atoms with Gasteiger partial charge in [0.2, 0.25) is 0 Å². The van der Waals surface area contributed by atoms with Gasteiger partial charge in [0.25, 0.3) is 0 Å². The van der Waals surface area contributed by atoms with Gasteiger partial charge in [0.15, 0.2) is 11.6 Å². The number of carbonyl (C=O) groups is 1. The summed E-state index contributed by atoms with van der Waals surface area (Å²) < 4.78 is 0. The molecule has 2 aromatic rings. The van der Waals surface area contributed by atoms with Gasteiger partial charge < -0.3 is 15.7 Å². The van der Waals surface area contributed by atoms with E-state index in [9.17, 15) is 4.79 Å². The predicted octanol–water partition coefficient (Wildman–Crippen LogP) is 1.51. The summed E-state index contributed by atoms with van der Waals surface area (Å²) in [4.78, 5) is 21.9. The minimum absolute atomic E-state index is 0.356. The van der Waals surface area contributed by atoms with Crippen molar-refractivity contribution < 1.29 is 9.90 Å². The third-order valence-corrected chi connectivity index (χ3v) is 3.65. The maximum absolute atomic E-state index is 11.1. The van der Waals surface area contributed by atoms with Gasteiger partial charge in [0, 0.05) is 13.1 Å². The summed E-state index contributed by atoms with van der Waals surface area (Å²) in [5.41, 5.74) is 7.50. The first kappa shape index (κ1) is 12.7. The number of piperidine rings is 1. The number of fused-ring (bicyclic) bond motifs is 1. The molecule has 0 aliphatic carbocycles. The second-order valence-corrected chi connectivity index (χ2v) is 5.04. The Morgan fingerprint density at radius 1 is 1.30 bits per heavy atom. The first-order valence-electron chi connectivity index (χ1n) is 6.65. The summed E-state index contributed by atoms with van der Waals surface area (Å²) in [5, 5.41) is 9.15. The molecule has 1 aromatic carbocycles. The number of para-hydroxylation sites is 2. The first-order chi connectivity index (χ1) is 9.65. The van der Waals surface area contributed by atoms with Crippen LogP contribution in [0.25, 0.3) is 11.0 Å². The Kier molecular flexibility index (Phi) is 3.14. The Bertz CT molecular complexity index is 659. The molecule has 6 nitrogen and oxygen atoms in total. The molecule has 1 aliphatic heterocycles. The van der Waals surface area contributed by atoms with Crippen molar-refractivity contribution in [1.82, 2.24) is 9.97 Å². The molecule has 0 bridgehead atoms. The lowest BCUT2D eigenvalue weighted by molar-refractivity contribution is -0.141. The van der Waals surface area contributed by atoms with E-state index in [2.05, 4.69) is 9.97 Å². The van der Waals surface area contributed by atoms with E-state index in [1.54, 1.807) is 0 Å². The molecule has 1 fully saturated rings. The Morgan fingerprint density at radius 2 is 2.00 bits per heavy atom. The molecular weight excluding hydrogens is 256 g/mol. The number of hydrogen-bond donors (Lipinski definition) is 2. The summed E-state index contributed by atoms with van der Waals surface area (Å²) in [6.45, 7) is 1.20. The number of nitrogen functional groups attached to an aromatic ring is 1. The first-order valence-corrected chi connectivity index (χ1v) is 6.65. The number of aromatic nitrogens is 2. The van der Waals surface area contributed by atoms with Gasteiger partial charge >= 0.3 is 5.97 Å². The molecule has 0 amide bonds. The van der Waals surface area contributed by atoms with Crippen LogP contribution < -0.4 is 10.6 Å². The van der Waals surface area contributed by atoms with Crippen LogP contribution in [0.3, 0.4) is 0 Å². The molecule has 1 aromatic heterocycles. The highest BCUT2D eigenvalue weighted by Crippen LogP contribution is 2.27. The van der Waals surface area contributed by atoms with Gasteiger partial charge in [0.05, 0.1) is 17.0 Å². The molecule has 1 unspecified atom stereocenters. The van der Waals surface area contributed by atoms with Crippen LogP contribution in [-0.4, -0.2) is 34.1 Å². The Morgan fingerprint density at radius 3 is 2.70 bits per heavy atom. The average Bonchev–Trinajstić information content (AvgIpc) is 2.46. The van der Waals surface area contributed by atoms with E-state index in [0.29, 0.717) is 24.6 Å². The summed E-state index contributed by atoms with van der Waals surface area (Å²) in [6, 6.07) is 7.52. The van der Waals surface area contributed by atoms with Crippen molar-refractivity contribution >= 4 is 28.6 Å². The fraction of sp³-hybridized carbons (Fsp3) is 0.357. The molecule has 3 N–H and O–H groups in total. The van der Waals surface area contributed by atoms with Crippen molar-refractivity contribution in [1.29, 1.82) is 0 Å². The molecule has 2 heterocycles. The number of carboxylic acid groups (broad SMARTS) is 1. The van der Waals surface area contributed by atoms with Gasteiger partial charge in [-0.05, 0) is 25.0 Å². The Hall–Kier alpha value is -2.37. The maximum Gasteiger partial charge on any atom is 0.308 e. The smallest absolute Gasteiger partial charge is 0.308 e. The second kappa shape index (κ2) is 4.96. The van der Waals surface area contributed by atoms with E-state index in [-0.39, 0.29) is 5.92 Å². The van der Waals surface area contributed by atoms with Crippen LogP contribution in [0.15, 0.2) is 24.3 Å². The van der Waals surface area contributed by atoms with E-state index in [4.69, 9.17) is 10.8 Å². The lowest BCUT2D eigenvalue weighted by Crippen LogP contribution is -2.39. The third-order valence-electron chi connectivity index (χ3n) is 3.65. The van der Waals surface area contributed by atoms with E-state index >= 15 is 0 Å². The van der Waals surface area contributed by atoms with E-state index < -0.39 is 5.97 Å². The third kappa shape index (κ3) is 2.24. The second-order valence-electron chi connectivity index (χ2n) is 5.04. The van der Waals surface area contributed by atoms with Crippen molar-refractivity contribution in [3.8, 4) is 0 Å². The molecule has 0 spiro atoms. The largest absolute Gasteiger partial charge is 0.481 e. The topological polar surface area (TPSA) is 92.3 Å². The highest BCUT2D eigenvalue weighted by atomic mass is 16.4. The number of anilines is 2. The molecule has 1 saturated heterocycles. The van der Waals surface area contributed by atoms with Crippen LogP contribution in [0.2, 0.25) is 0 Å². The number of aliphatic carboxylic acids is 1. The predicted molar refractivity (Wildman–Crippen MR) is 76.5 cm³/mol. The normalized spacial score (nSPS) is 19.2. The van der Waals surface area contributed by atoms with Crippen molar-refractivity contribution in [2.24, 2.45) is 5.92 Å². The highest BCUT2D eigenvalue weighted by molar-refractivity contribution is 5.80. The highest BCUT2D eigenvalue weighted by Gasteiger charge is 2.27. The number of benzene rings is 1. The van der Waals surface area contributed by atoms with E-state index in [1.807, 2.05) is 29.2 Å². The molecule has 104 valence electrons. The van der Waals surface area contributed by atoms with Crippen LogP contribution in [0, 0.1) is 5.92 Å². The number of nitrogens with two attached hydrogens (primary N) is 1. The molecule has 20 heavy (non-hydrogen) atoms. The Balaban J connectivity index is 1.96. The standard InChI is InChI=1S/C14H16N4O2/c15-12-13(17-11-6-2-1-5-10(11)16-12)18-7-3-4-9(8-18)14(19)20/h1-2,5-6,9H,3-4,7-8H2,(H2,15,16)(H,19,20). The summed E-state index contributed by atoms with van der Waals surface area (Å²) in [6.07, 6.45) is 1.53. The summed E-state index contributed by atoms with van der Waals surface area (Å²) in [7, 11) is 0. The van der Waals surface area contributed by atoms with Crippen LogP contribution in [0.4, 0.5) is 11.6 Å². The lowest BCUT2D eigenvalue weighted by atomic mass is 9.98. The van der Waals surface area contributed by atoms with Crippen LogP contribution in [-0.2, 0) is 4.79 Å². The van der Waals surface area contributed by atoms with Crippen LogP contribution in [0.5, 0.6) is 0 Å². The van der Waals surface area contributed by atoms with Crippen molar-refractivity contribution in [2.75, 3.05) is 23.7 Å². The van der Waals surface area contributed by atoms with Gasteiger partial charge in [-0.3, -0.25) is 4.79 Å². The van der Waals surface area contributed by atoms with Crippen molar-refractivity contribution in [3.63, 3.8) is 0 Å². The van der Waals surface area contributed by atoms with Crippen molar-refractivity contribution in [2.45, 2.75) is 12.8 Å². The minimum atomic E-state index is -0.762. The van der Waals surface area contributed by atoms with Gasteiger partial charge in [-0.15, -0.1) is 0 Å². The molecule has 3 rings (SSSR count). The summed E-state index contributed by atoms with van der Waals surface area (Å²) >= 11 is 0. The number of nitrogens with zero attached hydrogens (tertiary/aromatic N) is 3. The van der Waals surface area contributed by atoms with E-state index in [0.717, 1.165) is 24.0 Å². The Labute approximate surface area is 116 Å². The van der Waals surface area contributed by atoms with Crippen LogP contribution in [0.1, 0.15) is 12.8 Å². The van der Waals surface area contributed by atoms with Gasteiger partial charge in [0.1, 0.15) is 0 Å². The number of hydrogen-bond acceptors (Lipinski definition) is 5. The maximum atomic E-state index is 11.1. The molecule has 1 aliphatic rings. The number of rotatable bonds is 2. The monoisotopic (exact) mass is 272 g/mol. The van der Waals surface area contributed by atoms with Crippen molar-refractivity contribution in [3.05, 3.63) is 24.3 Å². The molecule has 0 radical (unpaired) electrons. The molecule has 0 saturated carbocycles. The zero-order valence-electron chi connectivity index (χ0n) is 11.0. The fourth-order valence-corrected chi connectivity index (χ4v) is 2.61. The van der Waals surface area contributed by atoms with Gasteiger partial charge in [-0.2, -0.15) is 0 Å². The quantitative estimate of drug-likeness (QED) is 0.861. The minimum Gasteiger partial charge on any atom is -0.481 e. The fourth-order valence-electron chi connectivity index (χ4n) is 2.61. The molecular formula is C14H16N4O2. The average molecular weight is 272 g/mol. The van der Waals surface area contributed by atoms with Crippen LogP contribution >= 0.6 is 0 Å². The lowest BCUT2D eigenvalue weighted by Gasteiger charge is -2.32.